The predicted molar refractivity (Wildman–Crippen MR) is 121 cm³/mol. The van der Waals surface area contributed by atoms with Crippen LogP contribution in [0.25, 0.3) is 5.70 Å². The second-order valence-corrected chi connectivity index (χ2v) is 9.26. The molecule has 2 aliphatic rings. The summed E-state index contributed by atoms with van der Waals surface area (Å²) in [5.41, 5.74) is 3.15. The molecule has 3 nitrogen and oxygen atoms in total. The molecule has 4 rings (SSSR count). The van der Waals surface area contributed by atoms with Gasteiger partial charge in [-0.1, -0.05) is 24.0 Å². The minimum absolute atomic E-state index is 0.00500. The standard InChI is InChI=1S/C25H25N2OS/c1-25(2,3)27-15-6-5-10-24(27)26-22(17-27)23-14-13-21(29-23)12-11-19-8-7-9-20(16-19)18-28-4/h5-10,13-17H,18H2,1-4H3/q+1. The molecule has 0 fully saturated rings. The van der Waals surface area contributed by atoms with E-state index in [0.717, 1.165) is 32.4 Å². The van der Waals surface area contributed by atoms with Crippen molar-refractivity contribution in [2.45, 2.75) is 32.9 Å². The highest BCUT2D eigenvalue weighted by atomic mass is 32.1. The van der Waals surface area contributed by atoms with Gasteiger partial charge in [0.15, 0.2) is 0 Å². The number of amidine groups is 1. The maximum Gasteiger partial charge on any atom is 0.238 e. The second-order valence-electron chi connectivity index (χ2n) is 8.18. The van der Waals surface area contributed by atoms with Crippen molar-refractivity contribution in [3.05, 3.63) is 87.9 Å². The van der Waals surface area contributed by atoms with Gasteiger partial charge in [-0.15, -0.1) is 11.3 Å². The van der Waals surface area contributed by atoms with Crippen LogP contribution in [0.3, 0.4) is 0 Å². The van der Waals surface area contributed by atoms with Gasteiger partial charge in [-0.2, -0.15) is 4.99 Å². The Morgan fingerprint density at radius 3 is 2.72 bits per heavy atom. The molecule has 0 spiro atoms. The Labute approximate surface area is 177 Å². The Bertz CT molecular complexity index is 1120. The van der Waals surface area contributed by atoms with E-state index in [4.69, 9.17) is 9.73 Å². The molecular formula is C25H25N2OS+. The fourth-order valence-electron chi connectivity index (χ4n) is 3.56. The number of thiophene rings is 1. The molecular weight excluding hydrogens is 376 g/mol. The first-order chi connectivity index (χ1) is 13.9. The van der Waals surface area contributed by atoms with Gasteiger partial charge in [0, 0.05) is 18.7 Å². The first kappa shape index (κ1) is 19.6. The van der Waals surface area contributed by atoms with Crippen LogP contribution in [0.4, 0.5) is 0 Å². The number of ether oxygens (including phenoxy) is 1. The number of nitrogens with zero attached hydrogens (tertiary/aromatic N) is 2. The molecule has 1 unspecified atom stereocenters. The number of rotatable bonds is 3. The molecule has 0 saturated heterocycles. The number of allylic oxidation sites excluding steroid dienone is 2. The SMILES string of the molecule is COCc1cccc(C#Cc2ccc(C3=C[N+]4(C(C)(C)C)C=CC=CC4=N3)s2)c1. The molecule has 4 heteroatoms. The average molecular weight is 402 g/mol. The van der Waals surface area contributed by atoms with E-state index < -0.39 is 0 Å². The van der Waals surface area contributed by atoms with Crippen LogP contribution in [-0.4, -0.2) is 23.0 Å². The fraction of sp³-hybridized carbons (Fsp3) is 0.240. The summed E-state index contributed by atoms with van der Waals surface area (Å²) in [6, 6.07) is 12.4. The van der Waals surface area contributed by atoms with Crippen molar-refractivity contribution in [2.24, 2.45) is 4.99 Å². The molecule has 2 aliphatic heterocycles. The minimum Gasteiger partial charge on any atom is -0.380 e. The Kier molecular flexibility index (Phi) is 5.14. The average Bonchev–Trinajstić information content (AvgIpc) is 3.32. The van der Waals surface area contributed by atoms with Gasteiger partial charge in [-0.25, -0.2) is 4.48 Å². The van der Waals surface area contributed by atoms with Crippen molar-refractivity contribution in [3.63, 3.8) is 0 Å². The predicted octanol–water partition coefficient (Wildman–Crippen LogP) is 5.70. The Morgan fingerprint density at radius 1 is 1.10 bits per heavy atom. The van der Waals surface area contributed by atoms with Gasteiger partial charge in [-0.3, -0.25) is 0 Å². The molecule has 1 aromatic heterocycles. The summed E-state index contributed by atoms with van der Waals surface area (Å²) in [4.78, 5) is 7.13. The maximum absolute atomic E-state index is 5.20. The Hall–Kier alpha value is -2.71. The van der Waals surface area contributed by atoms with Crippen LogP contribution in [0.2, 0.25) is 0 Å². The van der Waals surface area contributed by atoms with Crippen LogP contribution in [-0.2, 0) is 11.3 Å². The van der Waals surface area contributed by atoms with E-state index in [9.17, 15) is 0 Å². The third-order valence-corrected chi connectivity index (χ3v) is 6.18. The van der Waals surface area contributed by atoms with Crippen LogP contribution in [0.15, 0.2) is 72.0 Å². The number of aliphatic imine (C=N–C) groups is 1. The van der Waals surface area contributed by atoms with Crippen LogP contribution in [0.1, 0.15) is 41.7 Å². The summed E-state index contributed by atoms with van der Waals surface area (Å²) in [5.74, 6) is 7.63. The molecule has 1 atom stereocenters. The molecule has 0 bridgehead atoms. The summed E-state index contributed by atoms with van der Waals surface area (Å²) < 4.78 is 5.85. The molecule has 146 valence electrons. The first-order valence-corrected chi connectivity index (χ1v) is 10.5. The van der Waals surface area contributed by atoms with Crippen molar-refractivity contribution in [2.75, 3.05) is 7.11 Å². The summed E-state index contributed by atoms with van der Waals surface area (Å²) >= 11 is 1.69. The smallest absolute Gasteiger partial charge is 0.238 e. The first-order valence-electron chi connectivity index (χ1n) is 9.68. The van der Waals surface area contributed by atoms with Crippen molar-refractivity contribution < 1.29 is 9.22 Å². The van der Waals surface area contributed by atoms with E-state index in [1.807, 2.05) is 12.1 Å². The van der Waals surface area contributed by atoms with Gasteiger partial charge < -0.3 is 4.74 Å². The summed E-state index contributed by atoms with van der Waals surface area (Å²) in [6.45, 7) is 7.33. The zero-order chi connectivity index (χ0) is 20.5. The van der Waals surface area contributed by atoms with E-state index in [2.05, 4.69) is 87.5 Å². The maximum atomic E-state index is 5.20. The summed E-state index contributed by atoms with van der Waals surface area (Å²) in [6.07, 6.45) is 10.7. The van der Waals surface area contributed by atoms with E-state index >= 15 is 0 Å². The molecule has 0 aliphatic carbocycles. The molecule has 3 heterocycles. The number of hydrogen-bond acceptors (Lipinski definition) is 3. The van der Waals surface area contributed by atoms with Crippen molar-refractivity contribution >= 4 is 22.9 Å². The lowest BCUT2D eigenvalue weighted by molar-refractivity contribution is -0.784. The van der Waals surface area contributed by atoms with E-state index in [-0.39, 0.29) is 5.54 Å². The molecule has 0 radical (unpaired) electrons. The molecule has 1 aromatic carbocycles. The van der Waals surface area contributed by atoms with E-state index in [0.29, 0.717) is 11.1 Å². The topological polar surface area (TPSA) is 21.6 Å². The molecule has 0 N–H and O–H groups in total. The van der Waals surface area contributed by atoms with E-state index in [1.54, 1.807) is 18.4 Å². The molecule has 0 saturated carbocycles. The van der Waals surface area contributed by atoms with Gasteiger partial charge in [0.2, 0.25) is 5.84 Å². The third-order valence-electron chi connectivity index (χ3n) is 5.15. The van der Waals surface area contributed by atoms with E-state index in [1.165, 1.54) is 0 Å². The van der Waals surface area contributed by atoms with Gasteiger partial charge >= 0.3 is 0 Å². The highest BCUT2D eigenvalue weighted by Gasteiger charge is 2.46. The number of methoxy groups -OCH3 is 1. The second kappa shape index (κ2) is 7.61. The highest BCUT2D eigenvalue weighted by molar-refractivity contribution is 7.13. The Balaban J connectivity index is 1.61. The third kappa shape index (κ3) is 3.77. The normalized spacial score (nSPS) is 20.0. The number of hydrogen-bond donors (Lipinski definition) is 0. The van der Waals surface area contributed by atoms with Gasteiger partial charge in [-0.05, 0) is 62.8 Å². The molecule has 2 aromatic rings. The summed E-state index contributed by atoms with van der Waals surface area (Å²) in [7, 11) is 1.71. The van der Waals surface area contributed by atoms with Crippen LogP contribution in [0, 0.1) is 11.8 Å². The van der Waals surface area contributed by atoms with Gasteiger partial charge in [0.05, 0.1) is 16.4 Å². The fourth-order valence-corrected chi connectivity index (χ4v) is 4.38. The lowest BCUT2D eigenvalue weighted by atomic mass is 10.0. The Morgan fingerprint density at radius 2 is 1.97 bits per heavy atom. The lowest BCUT2D eigenvalue weighted by Gasteiger charge is -2.40. The quantitative estimate of drug-likeness (QED) is 0.477. The molecule has 29 heavy (non-hydrogen) atoms. The minimum atomic E-state index is -0.00500. The summed E-state index contributed by atoms with van der Waals surface area (Å²) in [5, 5.41) is 0. The zero-order valence-electron chi connectivity index (χ0n) is 17.3. The van der Waals surface area contributed by atoms with Crippen LogP contribution >= 0.6 is 11.3 Å². The monoisotopic (exact) mass is 401 g/mol. The lowest BCUT2D eigenvalue weighted by Crippen LogP contribution is -2.54. The van der Waals surface area contributed by atoms with Gasteiger partial charge in [0.25, 0.3) is 0 Å². The van der Waals surface area contributed by atoms with Crippen molar-refractivity contribution in [1.82, 2.24) is 0 Å². The van der Waals surface area contributed by atoms with Crippen LogP contribution in [0.5, 0.6) is 0 Å². The number of fused-ring (bicyclic) bond motifs is 1. The highest BCUT2D eigenvalue weighted by Crippen LogP contribution is 2.40. The number of quaternary nitrogens is 1. The largest absolute Gasteiger partial charge is 0.380 e. The zero-order valence-corrected chi connectivity index (χ0v) is 18.1. The molecule has 0 amide bonds. The van der Waals surface area contributed by atoms with Crippen molar-refractivity contribution in [1.29, 1.82) is 0 Å². The van der Waals surface area contributed by atoms with Crippen LogP contribution < -0.4 is 0 Å². The number of benzene rings is 1. The van der Waals surface area contributed by atoms with Crippen molar-refractivity contribution in [3.8, 4) is 11.8 Å². The van der Waals surface area contributed by atoms with Gasteiger partial charge in [0.1, 0.15) is 23.6 Å².